The summed E-state index contributed by atoms with van der Waals surface area (Å²) >= 11 is 0. The minimum Gasteiger partial charge on any atom is -0.475 e. The van der Waals surface area contributed by atoms with Crippen molar-refractivity contribution < 1.29 is 32.5 Å². The van der Waals surface area contributed by atoms with Gasteiger partial charge in [-0.25, -0.2) is 9.48 Å². The summed E-state index contributed by atoms with van der Waals surface area (Å²) in [6.07, 6.45) is -0.0156. The average Bonchev–Trinajstić information content (AvgIpc) is 3.41. The van der Waals surface area contributed by atoms with E-state index in [-0.39, 0.29) is 0 Å². The van der Waals surface area contributed by atoms with Crippen molar-refractivity contribution in [3.63, 3.8) is 0 Å². The Kier molecular flexibility index (Phi) is 7.70. The van der Waals surface area contributed by atoms with Gasteiger partial charge in [-0.1, -0.05) is 5.21 Å². The van der Waals surface area contributed by atoms with Gasteiger partial charge in [-0.15, -0.1) is 5.10 Å². The lowest BCUT2D eigenvalue weighted by Crippen LogP contribution is -2.40. The fourth-order valence-electron chi connectivity index (χ4n) is 4.04. The first-order chi connectivity index (χ1) is 14.3. The molecule has 0 spiro atoms. The second-order valence-corrected chi connectivity index (χ2v) is 8.25. The molecule has 4 rings (SSSR count). The number of methoxy groups -OCH3 is 1. The minimum atomic E-state index is -5.08. The van der Waals surface area contributed by atoms with E-state index in [1.807, 2.05) is 0 Å². The molecule has 2 aliphatic heterocycles. The number of aliphatic carboxylic acids is 1. The highest BCUT2D eigenvalue weighted by atomic mass is 19.4. The van der Waals surface area contributed by atoms with Gasteiger partial charge in [-0.05, 0) is 37.5 Å². The van der Waals surface area contributed by atoms with Crippen LogP contribution < -0.4 is 0 Å². The molecule has 1 aromatic heterocycles. The number of hydrogen-bond donors (Lipinski definition) is 1. The zero-order valence-corrected chi connectivity index (χ0v) is 17.1. The van der Waals surface area contributed by atoms with Crippen LogP contribution in [0.25, 0.3) is 0 Å². The molecule has 0 bridgehead atoms. The SMILES string of the molecule is COCC1CN(CC2CCOCC2)Cc2nnn(CC3CC3)c21.O=C(O)C(F)(F)F. The smallest absolute Gasteiger partial charge is 0.475 e. The Morgan fingerprint density at radius 2 is 1.83 bits per heavy atom. The molecule has 1 aromatic rings. The molecule has 0 amide bonds. The van der Waals surface area contributed by atoms with Crippen LogP contribution in [0.2, 0.25) is 0 Å². The largest absolute Gasteiger partial charge is 0.490 e. The summed E-state index contributed by atoms with van der Waals surface area (Å²) in [6.45, 7) is 6.80. The van der Waals surface area contributed by atoms with Crippen molar-refractivity contribution in [2.24, 2.45) is 11.8 Å². The molecule has 0 aromatic carbocycles. The molecule has 2 fully saturated rings. The van der Waals surface area contributed by atoms with E-state index in [9.17, 15) is 13.2 Å². The standard InChI is InChI=1S/C17H28N4O2.C2HF3O2/c1-22-12-15-10-20(8-14-4-6-23-7-5-14)11-16-17(15)21(19-18-16)9-13-2-3-13;3-2(4,5)1(6)7/h13-15H,2-12H2,1H3;(H,6,7). The Morgan fingerprint density at radius 3 is 2.40 bits per heavy atom. The molecule has 1 unspecified atom stereocenters. The number of carboxylic acids is 1. The Labute approximate surface area is 173 Å². The third kappa shape index (κ3) is 6.39. The van der Waals surface area contributed by atoms with E-state index in [0.29, 0.717) is 5.92 Å². The van der Waals surface area contributed by atoms with Crippen LogP contribution in [0.5, 0.6) is 0 Å². The summed E-state index contributed by atoms with van der Waals surface area (Å²) in [7, 11) is 1.80. The van der Waals surface area contributed by atoms with Gasteiger partial charge in [0.15, 0.2) is 0 Å². The normalized spacial score (nSPS) is 22.9. The summed E-state index contributed by atoms with van der Waals surface area (Å²) < 4.78 is 44.9. The predicted molar refractivity (Wildman–Crippen MR) is 99.9 cm³/mol. The third-order valence-corrected chi connectivity index (χ3v) is 5.68. The predicted octanol–water partition coefficient (Wildman–Crippen LogP) is 2.29. The first kappa shape index (κ1) is 23.0. The van der Waals surface area contributed by atoms with Crippen LogP contribution >= 0.6 is 0 Å². The topological polar surface area (TPSA) is 89.7 Å². The van der Waals surface area contributed by atoms with Crippen molar-refractivity contribution in [2.45, 2.75) is 50.9 Å². The molecule has 170 valence electrons. The van der Waals surface area contributed by atoms with Crippen LogP contribution in [0.15, 0.2) is 0 Å². The molecule has 3 aliphatic rings. The highest BCUT2D eigenvalue weighted by Crippen LogP contribution is 2.34. The van der Waals surface area contributed by atoms with Gasteiger partial charge in [0.1, 0.15) is 5.69 Å². The number of hydrogen-bond acceptors (Lipinski definition) is 6. The quantitative estimate of drug-likeness (QED) is 0.735. The van der Waals surface area contributed by atoms with Crippen LogP contribution in [-0.2, 0) is 27.4 Å². The van der Waals surface area contributed by atoms with Crippen LogP contribution in [0.4, 0.5) is 13.2 Å². The van der Waals surface area contributed by atoms with Crippen LogP contribution in [0.3, 0.4) is 0 Å². The number of fused-ring (bicyclic) bond motifs is 1. The Morgan fingerprint density at radius 1 is 1.20 bits per heavy atom. The van der Waals surface area contributed by atoms with E-state index >= 15 is 0 Å². The maximum absolute atomic E-state index is 10.6. The molecule has 8 nitrogen and oxygen atoms in total. The molecule has 1 saturated heterocycles. The molecule has 1 aliphatic carbocycles. The van der Waals surface area contributed by atoms with Crippen molar-refractivity contribution >= 4 is 5.97 Å². The highest BCUT2D eigenvalue weighted by Gasteiger charge is 2.38. The van der Waals surface area contributed by atoms with Crippen molar-refractivity contribution in [3.8, 4) is 0 Å². The van der Waals surface area contributed by atoms with E-state index in [4.69, 9.17) is 19.4 Å². The number of ether oxygens (including phenoxy) is 2. The second-order valence-electron chi connectivity index (χ2n) is 8.25. The molecule has 1 atom stereocenters. The van der Waals surface area contributed by atoms with Crippen LogP contribution in [0, 0.1) is 11.8 Å². The number of carbonyl (C=O) groups is 1. The molecule has 11 heteroatoms. The van der Waals surface area contributed by atoms with E-state index in [0.717, 1.165) is 57.8 Å². The van der Waals surface area contributed by atoms with Gasteiger partial charge in [-0.3, -0.25) is 4.90 Å². The first-order valence-electron chi connectivity index (χ1n) is 10.3. The van der Waals surface area contributed by atoms with Gasteiger partial charge in [0, 0.05) is 52.4 Å². The maximum atomic E-state index is 10.6. The summed E-state index contributed by atoms with van der Waals surface area (Å²) in [4.78, 5) is 11.4. The van der Waals surface area contributed by atoms with Crippen molar-refractivity contribution in [3.05, 3.63) is 11.4 Å². The number of carboxylic acid groups (broad SMARTS) is 1. The van der Waals surface area contributed by atoms with Gasteiger partial charge in [0.2, 0.25) is 0 Å². The first-order valence-corrected chi connectivity index (χ1v) is 10.3. The van der Waals surface area contributed by atoms with Crippen molar-refractivity contribution in [1.29, 1.82) is 0 Å². The minimum absolute atomic E-state index is 0.400. The lowest BCUT2D eigenvalue weighted by atomic mass is 9.95. The number of nitrogens with zero attached hydrogens (tertiary/aromatic N) is 4. The van der Waals surface area contributed by atoms with E-state index in [1.54, 1.807) is 7.11 Å². The van der Waals surface area contributed by atoms with Crippen LogP contribution in [-0.4, -0.2) is 77.2 Å². The third-order valence-electron chi connectivity index (χ3n) is 5.68. The Balaban J connectivity index is 0.000000318. The number of alkyl halides is 3. The monoisotopic (exact) mass is 434 g/mol. The molecular weight excluding hydrogens is 405 g/mol. The number of rotatable bonds is 6. The van der Waals surface area contributed by atoms with Crippen LogP contribution in [0.1, 0.15) is 43.0 Å². The maximum Gasteiger partial charge on any atom is 0.490 e. The molecule has 0 radical (unpaired) electrons. The summed E-state index contributed by atoms with van der Waals surface area (Å²) in [5.41, 5.74) is 2.51. The highest BCUT2D eigenvalue weighted by molar-refractivity contribution is 5.73. The zero-order chi connectivity index (χ0) is 21.7. The fraction of sp³-hybridized carbons (Fsp3) is 0.842. The fourth-order valence-corrected chi connectivity index (χ4v) is 4.04. The molecule has 1 saturated carbocycles. The lowest BCUT2D eigenvalue weighted by molar-refractivity contribution is -0.192. The van der Waals surface area contributed by atoms with E-state index in [2.05, 4.69) is 19.9 Å². The molecule has 30 heavy (non-hydrogen) atoms. The number of aromatic nitrogens is 3. The van der Waals surface area contributed by atoms with Crippen molar-refractivity contribution in [2.75, 3.05) is 40.0 Å². The average molecular weight is 434 g/mol. The van der Waals surface area contributed by atoms with E-state index < -0.39 is 12.1 Å². The van der Waals surface area contributed by atoms with Gasteiger partial charge >= 0.3 is 12.1 Å². The number of halogens is 3. The van der Waals surface area contributed by atoms with Gasteiger partial charge in [-0.2, -0.15) is 13.2 Å². The molecular formula is C19H29F3N4O4. The van der Waals surface area contributed by atoms with Crippen molar-refractivity contribution in [1.82, 2.24) is 19.9 Å². The van der Waals surface area contributed by atoms with E-state index in [1.165, 1.54) is 37.1 Å². The second kappa shape index (κ2) is 10.1. The molecule has 1 N–H and O–H groups in total. The summed E-state index contributed by atoms with van der Waals surface area (Å²) in [5.74, 6) is -0.774. The Bertz CT molecular complexity index is 702. The zero-order valence-electron chi connectivity index (χ0n) is 17.1. The van der Waals surface area contributed by atoms with Gasteiger partial charge < -0.3 is 14.6 Å². The summed E-state index contributed by atoms with van der Waals surface area (Å²) in [6, 6.07) is 0. The van der Waals surface area contributed by atoms with Gasteiger partial charge in [0.05, 0.1) is 12.3 Å². The molecule has 3 heterocycles. The lowest BCUT2D eigenvalue weighted by Gasteiger charge is -2.35. The summed E-state index contributed by atoms with van der Waals surface area (Å²) in [5, 5.41) is 16.1. The Hall–Kier alpha value is -1.72. The van der Waals surface area contributed by atoms with Gasteiger partial charge in [0.25, 0.3) is 0 Å².